The zero-order chi connectivity index (χ0) is 10.3. The molecule has 0 amide bonds. The Morgan fingerprint density at radius 2 is 2.00 bits per heavy atom. The topological polar surface area (TPSA) is 43.1 Å². The van der Waals surface area contributed by atoms with Gasteiger partial charge in [-0.25, -0.2) is 0 Å². The van der Waals surface area contributed by atoms with Gasteiger partial charge in [0.2, 0.25) is 0 Å². The van der Waals surface area contributed by atoms with Crippen molar-refractivity contribution in [2.75, 3.05) is 5.75 Å². The minimum Gasteiger partial charge on any atom is -0.324 e. The summed E-state index contributed by atoms with van der Waals surface area (Å²) in [5, 5.41) is 0. The van der Waals surface area contributed by atoms with Crippen molar-refractivity contribution in [3.8, 4) is 0 Å². The maximum absolute atomic E-state index is 11.9. The SMILES string of the molecule is Cc1ccc(C)c2c1C(N)CCS2=O. The third-order valence-corrected chi connectivity index (χ3v) is 4.43. The molecule has 0 bridgehead atoms. The van der Waals surface area contributed by atoms with E-state index in [-0.39, 0.29) is 6.04 Å². The average molecular weight is 209 g/mol. The summed E-state index contributed by atoms with van der Waals surface area (Å²) in [7, 11) is -0.838. The van der Waals surface area contributed by atoms with E-state index < -0.39 is 10.8 Å². The summed E-state index contributed by atoms with van der Waals surface area (Å²) in [6.45, 7) is 4.05. The summed E-state index contributed by atoms with van der Waals surface area (Å²) in [4.78, 5) is 0.990. The molecule has 1 heterocycles. The van der Waals surface area contributed by atoms with E-state index >= 15 is 0 Å². The number of hydrogen-bond acceptors (Lipinski definition) is 2. The minimum absolute atomic E-state index is 0.0719. The molecule has 76 valence electrons. The normalized spacial score (nSPS) is 25.9. The van der Waals surface area contributed by atoms with E-state index in [1.165, 1.54) is 5.56 Å². The van der Waals surface area contributed by atoms with E-state index in [4.69, 9.17) is 5.73 Å². The molecule has 2 N–H and O–H groups in total. The van der Waals surface area contributed by atoms with Crippen LogP contribution in [0.2, 0.25) is 0 Å². The van der Waals surface area contributed by atoms with Gasteiger partial charge < -0.3 is 5.73 Å². The number of aryl methyl sites for hydroxylation is 2. The monoisotopic (exact) mass is 209 g/mol. The van der Waals surface area contributed by atoms with E-state index in [2.05, 4.69) is 6.07 Å². The molecule has 0 aromatic heterocycles. The third-order valence-electron chi connectivity index (χ3n) is 2.82. The van der Waals surface area contributed by atoms with Gasteiger partial charge >= 0.3 is 0 Å². The summed E-state index contributed by atoms with van der Waals surface area (Å²) in [6, 6.07) is 4.17. The lowest BCUT2D eigenvalue weighted by Gasteiger charge is -2.25. The fraction of sp³-hybridized carbons (Fsp3) is 0.455. The van der Waals surface area contributed by atoms with E-state index in [1.54, 1.807) is 0 Å². The Morgan fingerprint density at radius 3 is 2.64 bits per heavy atom. The van der Waals surface area contributed by atoms with Gasteiger partial charge in [0, 0.05) is 16.7 Å². The molecule has 1 aromatic rings. The largest absolute Gasteiger partial charge is 0.324 e. The summed E-state index contributed by atoms with van der Waals surface area (Å²) in [5.41, 5.74) is 9.45. The Balaban J connectivity index is 2.71. The van der Waals surface area contributed by atoms with Crippen molar-refractivity contribution < 1.29 is 4.21 Å². The second-order valence-corrected chi connectivity index (χ2v) is 5.39. The van der Waals surface area contributed by atoms with Crippen LogP contribution in [0.1, 0.15) is 29.2 Å². The van der Waals surface area contributed by atoms with Gasteiger partial charge in [-0.15, -0.1) is 0 Å². The Hall–Kier alpha value is -0.670. The van der Waals surface area contributed by atoms with Gasteiger partial charge in [0.15, 0.2) is 0 Å². The van der Waals surface area contributed by atoms with Crippen LogP contribution in [0, 0.1) is 13.8 Å². The molecule has 2 atom stereocenters. The van der Waals surface area contributed by atoms with Crippen LogP contribution < -0.4 is 5.73 Å². The molecule has 2 nitrogen and oxygen atoms in total. The molecule has 0 spiro atoms. The lowest BCUT2D eigenvalue weighted by molar-refractivity contribution is 0.632. The molecule has 2 rings (SSSR count). The molecule has 0 fully saturated rings. The van der Waals surface area contributed by atoms with E-state index in [0.717, 1.165) is 22.4 Å². The van der Waals surface area contributed by atoms with Gasteiger partial charge in [-0.3, -0.25) is 4.21 Å². The predicted octanol–water partition coefficient (Wildman–Crippen LogP) is 1.81. The van der Waals surface area contributed by atoms with Crippen LogP contribution in [-0.4, -0.2) is 9.96 Å². The molecular formula is C11H15NOS. The first-order chi connectivity index (χ1) is 6.61. The highest BCUT2D eigenvalue weighted by atomic mass is 32.2. The van der Waals surface area contributed by atoms with Crippen LogP contribution >= 0.6 is 0 Å². The number of hydrogen-bond donors (Lipinski definition) is 1. The maximum atomic E-state index is 11.9. The van der Waals surface area contributed by atoms with Gasteiger partial charge in [-0.05, 0) is 37.0 Å². The Labute approximate surface area is 87.0 Å². The quantitative estimate of drug-likeness (QED) is 0.708. The van der Waals surface area contributed by atoms with Gasteiger partial charge in [-0.2, -0.15) is 0 Å². The van der Waals surface area contributed by atoms with Crippen molar-refractivity contribution in [1.29, 1.82) is 0 Å². The molecule has 1 aliphatic heterocycles. The highest BCUT2D eigenvalue weighted by molar-refractivity contribution is 7.85. The zero-order valence-corrected chi connectivity index (χ0v) is 9.36. The molecule has 3 heteroatoms. The second-order valence-electron chi connectivity index (χ2n) is 3.89. The Morgan fingerprint density at radius 1 is 1.36 bits per heavy atom. The van der Waals surface area contributed by atoms with E-state index in [0.29, 0.717) is 5.75 Å². The molecule has 0 saturated carbocycles. The average Bonchev–Trinajstić information content (AvgIpc) is 2.16. The Bertz CT molecular complexity index is 401. The molecular weight excluding hydrogens is 194 g/mol. The lowest BCUT2D eigenvalue weighted by atomic mass is 9.97. The molecule has 1 aromatic carbocycles. The number of benzene rings is 1. The fourth-order valence-corrected chi connectivity index (χ4v) is 3.71. The highest BCUT2D eigenvalue weighted by Gasteiger charge is 2.25. The van der Waals surface area contributed by atoms with Crippen molar-refractivity contribution >= 4 is 10.8 Å². The third kappa shape index (κ3) is 1.41. The van der Waals surface area contributed by atoms with E-state index in [9.17, 15) is 4.21 Å². The highest BCUT2D eigenvalue weighted by Crippen LogP contribution is 2.33. The fourth-order valence-electron chi connectivity index (χ4n) is 2.05. The van der Waals surface area contributed by atoms with Crippen LogP contribution in [0.25, 0.3) is 0 Å². The predicted molar refractivity (Wildman–Crippen MR) is 58.7 cm³/mol. The summed E-state index contributed by atoms with van der Waals surface area (Å²) >= 11 is 0. The first-order valence-corrected chi connectivity index (χ1v) is 6.17. The standard InChI is InChI=1S/C11H15NOS/c1-7-3-4-8(2)11-10(7)9(12)5-6-14(11)13/h3-4,9H,5-6,12H2,1-2H3. The van der Waals surface area contributed by atoms with Gasteiger partial charge in [0.05, 0.1) is 10.8 Å². The van der Waals surface area contributed by atoms with Crippen molar-refractivity contribution in [2.45, 2.75) is 31.2 Å². The van der Waals surface area contributed by atoms with Crippen molar-refractivity contribution in [3.63, 3.8) is 0 Å². The van der Waals surface area contributed by atoms with Gasteiger partial charge in [0.25, 0.3) is 0 Å². The molecule has 0 saturated heterocycles. The van der Waals surface area contributed by atoms with Crippen LogP contribution in [0.15, 0.2) is 17.0 Å². The van der Waals surface area contributed by atoms with E-state index in [1.807, 2.05) is 19.9 Å². The Kier molecular flexibility index (Phi) is 2.45. The lowest BCUT2D eigenvalue weighted by Crippen LogP contribution is -2.23. The molecule has 0 aliphatic carbocycles. The maximum Gasteiger partial charge on any atom is 0.0536 e. The van der Waals surface area contributed by atoms with Gasteiger partial charge in [0.1, 0.15) is 0 Å². The molecule has 0 radical (unpaired) electrons. The van der Waals surface area contributed by atoms with Crippen molar-refractivity contribution in [1.82, 2.24) is 0 Å². The zero-order valence-electron chi connectivity index (χ0n) is 8.54. The first kappa shape index (κ1) is 9.87. The number of fused-ring (bicyclic) bond motifs is 1. The van der Waals surface area contributed by atoms with Gasteiger partial charge in [-0.1, -0.05) is 12.1 Å². The minimum atomic E-state index is -0.838. The number of rotatable bonds is 0. The first-order valence-electron chi connectivity index (χ1n) is 4.85. The van der Waals surface area contributed by atoms with Crippen LogP contribution in [0.5, 0.6) is 0 Å². The summed E-state index contributed by atoms with van der Waals surface area (Å²) in [6.07, 6.45) is 0.837. The summed E-state index contributed by atoms with van der Waals surface area (Å²) < 4.78 is 11.9. The number of nitrogens with two attached hydrogens (primary N) is 1. The van der Waals surface area contributed by atoms with Crippen molar-refractivity contribution in [2.24, 2.45) is 5.73 Å². The summed E-state index contributed by atoms with van der Waals surface area (Å²) in [5.74, 6) is 0.707. The van der Waals surface area contributed by atoms with Crippen LogP contribution in [-0.2, 0) is 10.8 Å². The van der Waals surface area contributed by atoms with Crippen LogP contribution in [0.4, 0.5) is 0 Å². The molecule has 2 unspecified atom stereocenters. The second kappa shape index (κ2) is 3.48. The van der Waals surface area contributed by atoms with Crippen LogP contribution in [0.3, 0.4) is 0 Å². The van der Waals surface area contributed by atoms with Crippen molar-refractivity contribution in [3.05, 3.63) is 28.8 Å². The smallest absolute Gasteiger partial charge is 0.0536 e. The molecule has 14 heavy (non-hydrogen) atoms. The molecule has 1 aliphatic rings.